The van der Waals surface area contributed by atoms with Crippen molar-refractivity contribution in [3.05, 3.63) is 54.1 Å². The van der Waals surface area contributed by atoms with E-state index >= 15 is 0 Å². The molecule has 1 heterocycles. The van der Waals surface area contributed by atoms with Crippen LogP contribution in [0.1, 0.15) is 37.7 Å². The molecule has 0 aliphatic carbocycles. The number of sulfonamides is 1. The molecule has 1 N–H and O–H groups in total. The van der Waals surface area contributed by atoms with Gasteiger partial charge in [-0.25, -0.2) is 8.42 Å². The van der Waals surface area contributed by atoms with Gasteiger partial charge in [0.05, 0.1) is 11.5 Å². The Morgan fingerprint density at radius 3 is 2.48 bits per heavy atom. The number of nitrogens with zero attached hydrogens (tertiary/aromatic N) is 1. The molecule has 0 bridgehead atoms. The molecule has 33 heavy (non-hydrogen) atoms. The molecule has 2 aromatic carbocycles. The Bertz CT molecular complexity index is 1050. The fourth-order valence-corrected chi connectivity index (χ4v) is 5.01. The molecule has 0 unspecified atom stereocenters. The van der Waals surface area contributed by atoms with Crippen LogP contribution in [-0.4, -0.2) is 50.9 Å². The van der Waals surface area contributed by atoms with Crippen molar-refractivity contribution < 1.29 is 27.5 Å². The summed E-state index contributed by atoms with van der Waals surface area (Å²) in [7, 11) is -3.60. The van der Waals surface area contributed by atoms with Crippen LogP contribution in [0.4, 0.5) is 5.69 Å². The van der Waals surface area contributed by atoms with Crippen LogP contribution in [0.15, 0.2) is 53.4 Å². The number of rotatable bonds is 10. The maximum Gasteiger partial charge on any atom is 0.306 e. The van der Waals surface area contributed by atoms with Gasteiger partial charge in [0, 0.05) is 25.2 Å². The number of hydrogen-bond acceptors (Lipinski definition) is 6. The van der Waals surface area contributed by atoms with E-state index in [9.17, 15) is 18.0 Å². The van der Waals surface area contributed by atoms with Gasteiger partial charge in [0.15, 0.2) is 6.61 Å². The third-order valence-corrected chi connectivity index (χ3v) is 7.14. The van der Waals surface area contributed by atoms with Crippen molar-refractivity contribution in [2.75, 3.05) is 31.6 Å². The van der Waals surface area contributed by atoms with E-state index in [0.29, 0.717) is 31.8 Å². The van der Waals surface area contributed by atoms with Crippen LogP contribution in [0.2, 0.25) is 0 Å². The number of anilines is 1. The van der Waals surface area contributed by atoms with E-state index in [-0.39, 0.29) is 11.3 Å². The Labute approximate surface area is 194 Å². The Kier molecular flexibility index (Phi) is 8.85. The van der Waals surface area contributed by atoms with Crippen molar-refractivity contribution in [3.8, 4) is 5.75 Å². The molecule has 1 fully saturated rings. The molecule has 1 aliphatic rings. The molecule has 1 saturated heterocycles. The quantitative estimate of drug-likeness (QED) is 0.418. The van der Waals surface area contributed by atoms with Crippen LogP contribution in [0, 0.1) is 6.92 Å². The summed E-state index contributed by atoms with van der Waals surface area (Å²) in [5, 5.41) is 2.58. The van der Waals surface area contributed by atoms with Gasteiger partial charge in [-0.2, -0.15) is 4.31 Å². The highest BCUT2D eigenvalue weighted by molar-refractivity contribution is 7.89. The maximum atomic E-state index is 12.8. The largest absolute Gasteiger partial charge is 0.494 e. The fourth-order valence-electron chi connectivity index (χ4n) is 3.44. The summed E-state index contributed by atoms with van der Waals surface area (Å²) in [6, 6.07) is 13.7. The van der Waals surface area contributed by atoms with Gasteiger partial charge < -0.3 is 14.8 Å². The first-order valence-electron chi connectivity index (χ1n) is 11.1. The van der Waals surface area contributed by atoms with Crippen molar-refractivity contribution in [1.82, 2.24) is 4.31 Å². The molecule has 178 valence electrons. The number of piperidine rings is 1. The average molecular weight is 475 g/mol. The highest BCUT2D eigenvalue weighted by Crippen LogP contribution is 2.23. The number of nitrogens with one attached hydrogen (secondary N) is 1. The Morgan fingerprint density at radius 1 is 1.03 bits per heavy atom. The van der Waals surface area contributed by atoms with Gasteiger partial charge in [-0.1, -0.05) is 30.2 Å². The van der Waals surface area contributed by atoms with Crippen LogP contribution >= 0.6 is 0 Å². The van der Waals surface area contributed by atoms with E-state index in [1.54, 1.807) is 12.1 Å². The molecule has 8 nitrogen and oxygen atoms in total. The Balaban J connectivity index is 1.40. The lowest BCUT2D eigenvalue weighted by molar-refractivity contribution is -0.147. The molecule has 2 aromatic rings. The van der Waals surface area contributed by atoms with Crippen molar-refractivity contribution in [3.63, 3.8) is 0 Å². The van der Waals surface area contributed by atoms with E-state index < -0.39 is 28.5 Å². The minimum absolute atomic E-state index is 0.128. The average Bonchev–Trinajstić information content (AvgIpc) is 2.82. The maximum absolute atomic E-state index is 12.8. The molecule has 1 amide bonds. The van der Waals surface area contributed by atoms with Gasteiger partial charge in [-0.15, -0.1) is 0 Å². The number of carbonyl (C=O) groups excluding carboxylic acids is 2. The van der Waals surface area contributed by atoms with E-state index in [0.717, 1.165) is 30.6 Å². The number of benzene rings is 2. The molecule has 0 spiro atoms. The van der Waals surface area contributed by atoms with E-state index in [1.807, 2.05) is 31.2 Å². The summed E-state index contributed by atoms with van der Waals surface area (Å²) in [6.45, 7) is 2.92. The van der Waals surface area contributed by atoms with Crippen LogP contribution in [0.5, 0.6) is 5.75 Å². The van der Waals surface area contributed by atoms with Crippen molar-refractivity contribution in [2.45, 2.75) is 43.9 Å². The van der Waals surface area contributed by atoms with Crippen molar-refractivity contribution >= 4 is 27.6 Å². The van der Waals surface area contributed by atoms with Crippen LogP contribution < -0.4 is 10.1 Å². The van der Waals surface area contributed by atoms with Gasteiger partial charge in [0.1, 0.15) is 5.75 Å². The third kappa shape index (κ3) is 7.57. The number of carbonyl (C=O) groups is 2. The second kappa shape index (κ2) is 11.8. The lowest BCUT2D eigenvalue weighted by atomic mass is 10.2. The summed E-state index contributed by atoms with van der Waals surface area (Å²) >= 11 is 0. The number of ether oxygens (including phenoxy) is 2. The summed E-state index contributed by atoms with van der Waals surface area (Å²) in [5.41, 5.74) is 1.47. The molecule has 3 rings (SSSR count). The first kappa shape index (κ1) is 24.7. The van der Waals surface area contributed by atoms with E-state index in [1.165, 1.54) is 16.4 Å². The standard InChI is InChI=1S/C24H30N2O6S/c1-19-10-12-21(13-11-19)31-16-6-9-24(28)32-18-23(27)25-20-7-5-8-22(17-20)33(29,30)26-14-3-2-4-15-26/h5,7-8,10-13,17H,2-4,6,9,14-16,18H2,1H3,(H,25,27). The minimum Gasteiger partial charge on any atom is -0.494 e. The SMILES string of the molecule is Cc1ccc(OCCCC(=O)OCC(=O)Nc2cccc(S(=O)(=O)N3CCCCC3)c2)cc1. The second-order valence-corrected chi connectivity index (χ2v) is 9.90. The predicted molar refractivity (Wildman–Crippen MR) is 125 cm³/mol. The van der Waals surface area contributed by atoms with Gasteiger partial charge >= 0.3 is 5.97 Å². The molecule has 1 aliphatic heterocycles. The number of esters is 1. The third-order valence-electron chi connectivity index (χ3n) is 5.25. The first-order chi connectivity index (χ1) is 15.8. The highest BCUT2D eigenvalue weighted by atomic mass is 32.2. The summed E-state index contributed by atoms with van der Waals surface area (Å²) in [6.07, 6.45) is 3.31. The molecule has 0 radical (unpaired) electrons. The number of aryl methyl sites for hydroxylation is 1. The first-order valence-corrected chi connectivity index (χ1v) is 12.5. The Morgan fingerprint density at radius 2 is 1.76 bits per heavy atom. The van der Waals surface area contributed by atoms with Gasteiger partial charge in [-0.05, 0) is 56.5 Å². The minimum atomic E-state index is -3.60. The van der Waals surface area contributed by atoms with Gasteiger partial charge in [0.25, 0.3) is 5.91 Å². The second-order valence-electron chi connectivity index (χ2n) is 7.97. The van der Waals surface area contributed by atoms with Crippen molar-refractivity contribution in [1.29, 1.82) is 0 Å². The predicted octanol–water partition coefficient (Wildman–Crippen LogP) is 3.51. The van der Waals surface area contributed by atoms with Crippen LogP contribution in [0.3, 0.4) is 0 Å². The van der Waals surface area contributed by atoms with E-state index in [4.69, 9.17) is 9.47 Å². The monoisotopic (exact) mass is 474 g/mol. The summed E-state index contributed by atoms with van der Waals surface area (Å²) in [5.74, 6) is -0.302. The molecule has 0 atom stereocenters. The molecule has 0 saturated carbocycles. The summed E-state index contributed by atoms with van der Waals surface area (Å²) < 4.78 is 37.6. The zero-order valence-corrected chi connectivity index (χ0v) is 19.6. The van der Waals surface area contributed by atoms with Gasteiger partial charge in [0.2, 0.25) is 10.0 Å². The van der Waals surface area contributed by atoms with E-state index in [2.05, 4.69) is 5.32 Å². The molecular formula is C24H30N2O6S. The van der Waals surface area contributed by atoms with Crippen LogP contribution in [-0.2, 0) is 24.3 Å². The normalized spacial score (nSPS) is 14.5. The van der Waals surface area contributed by atoms with Gasteiger partial charge in [-0.3, -0.25) is 9.59 Å². The molecule has 0 aromatic heterocycles. The lowest BCUT2D eigenvalue weighted by Crippen LogP contribution is -2.35. The highest BCUT2D eigenvalue weighted by Gasteiger charge is 2.26. The topological polar surface area (TPSA) is 102 Å². The Hall–Kier alpha value is -2.91. The fraction of sp³-hybridized carbons (Fsp3) is 0.417. The lowest BCUT2D eigenvalue weighted by Gasteiger charge is -2.26. The van der Waals surface area contributed by atoms with Crippen molar-refractivity contribution in [2.24, 2.45) is 0 Å². The zero-order chi connectivity index (χ0) is 23.7. The molecular weight excluding hydrogens is 444 g/mol. The van der Waals surface area contributed by atoms with Crippen LogP contribution in [0.25, 0.3) is 0 Å². The zero-order valence-electron chi connectivity index (χ0n) is 18.8. The number of hydrogen-bond donors (Lipinski definition) is 1. The molecule has 9 heteroatoms. The summed E-state index contributed by atoms with van der Waals surface area (Å²) in [4.78, 5) is 24.2. The number of amides is 1. The smallest absolute Gasteiger partial charge is 0.306 e.